The standard InChI is InChI=1S/C25H31N5O3S/c1-21-4-2-5-24(18-21)28-14-16-30(17-15-28)34(32,33)20-25(31)29-11-3-10-27(12-13-29)23-8-6-22(19-26)7-9-23/h2,4-9,18H,3,10-17,20H2,1H3. The van der Waals surface area contributed by atoms with E-state index in [0.29, 0.717) is 51.4 Å². The normalized spacial score (nSPS) is 17.8. The highest BCUT2D eigenvalue weighted by molar-refractivity contribution is 7.89. The average molecular weight is 482 g/mol. The van der Waals surface area contributed by atoms with Crippen molar-refractivity contribution in [3.63, 3.8) is 0 Å². The lowest BCUT2D eigenvalue weighted by atomic mass is 10.2. The lowest BCUT2D eigenvalue weighted by molar-refractivity contribution is -0.128. The Morgan fingerprint density at radius 3 is 2.24 bits per heavy atom. The van der Waals surface area contributed by atoms with Crippen LogP contribution in [0, 0.1) is 18.3 Å². The summed E-state index contributed by atoms with van der Waals surface area (Å²) in [4.78, 5) is 18.9. The van der Waals surface area contributed by atoms with E-state index in [1.165, 1.54) is 9.87 Å². The molecule has 34 heavy (non-hydrogen) atoms. The van der Waals surface area contributed by atoms with E-state index >= 15 is 0 Å². The molecule has 0 N–H and O–H groups in total. The van der Waals surface area contributed by atoms with Gasteiger partial charge in [-0.05, 0) is 55.3 Å². The van der Waals surface area contributed by atoms with Crippen molar-refractivity contribution < 1.29 is 13.2 Å². The third-order valence-corrected chi connectivity index (χ3v) is 8.28. The molecule has 2 aliphatic rings. The summed E-state index contributed by atoms with van der Waals surface area (Å²) in [6.45, 7) is 6.47. The summed E-state index contributed by atoms with van der Waals surface area (Å²) < 4.78 is 27.4. The number of anilines is 2. The van der Waals surface area contributed by atoms with Crippen molar-refractivity contribution in [2.24, 2.45) is 0 Å². The molecule has 2 fully saturated rings. The van der Waals surface area contributed by atoms with E-state index < -0.39 is 15.8 Å². The topological polar surface area (TPSA) is 88.0 Å². The molecular formula is C25H31N5O3S. The van der Waals surface area contributed by atoms with Crippen molar-refractivity contribution in [2.75, 3.05) is 67.9 Å². The average Bonchev–Trinajstić information content (AvgIpc) is 3.10. The number of nitriles is 1. The van der Waals surface area contributed by atoms with E-state index in [2.05, 4.69) is 21.9 Å². The molecule has 0 radical (unpaired) electrons. The van der Waals surface area contributed by atoms with Gasteiger partial charge in [0.15, 0.2) is 0 Å². The smallest absolute Gasteiger partial charge is 0.239 e. The van der Waals surface area contributed by atoms with Crippen LogP contribution in [0.25, 0.3) is 0 Å². The third kappa shape index (κ3) is 5.69. The Labute approximate surface area is 202 Å². The van der Waals surface area contributed by atoms with Crippen molar-refractivity contribution in [1.29, 1.82) is 5.26 Å². The molecule has 4 rings (SSSR count). The van der Waals surface area contributed by atoms with Crippen LogP contribution in [0.15, 0.2) is 48.5 Å². The highest BCUT2D eigenvalue weighted by Gasteiger charge is 2.31. The van der Waals surface area contributed by atoms with Gasteiger partial charge in [-0.2, -0.15) is 9.57 Å². The van der Waals surface area contributed by atoms with Crippen LogP contribution in [0.1, 0.15) is 17.5 Å². The monoisotopic (exact) mass is 481 g/mol. The summed E-state index contributed by atoms with van der Waals surface area (Å²) in [5.74, 6) is -0.809. The Hall–Kier alpha value is -3.09. The van der Waals surface area contributed by atoms with Gasteiger partial charge in [-0.15, -0.1) is 0 Å². The first-order valence-corrected chi connectivity index (χ1v) is 13.3. The van der Waals surface area contributed by atoms with E-state index in [4.69, 9.17) is 5.26 Å². The van der Waals surface area contributed by atoms with Crippen LogP contribution < -0.4 is 9.80 Å². The minimum absolute atomic E-state index is 0.331. The van der Waals surface area contributed by atoms with Gasteiger partial charge in [0.25, 0.3) is 0 Å². The van der Waals surface area contributed by atoms with E-state index in [9.17, 15) is 13.2 Å². The van der Waals surface area contributed by atoms with Crippen molar-refractivity contribution in [2.45, 2.75) is 13.3 Å². The fraction of sp³-hybridized carbons (Fsp3) is 0.440. The number of piperazine rings is 1. The minimum atomic E-state index is -3.66. The number of carbonyl (C=O) groups is 1. The number of benzene rings is 2. The molecule has 2 heterocycles. The maximum Gasteiger partial charge on any atom is 0.239 e. The van der Waals surface area contributed by atoms with Gasteiger partial charge in [0.05, 0.1) is 11.6 Å². The molecule has 0 aromatic heterocycles. The van der Waals surface area contributed by atoms with Crippen LogP contribution in [0.3, 0.4) is 0 Å². The molecule has 2 aromatic carbocycles. The van der Waals surface area contributed by atoms with Gasteiger partial charge in [-0.25, -0.2) is 8.42 Å². The number of sulfonamides is 1. The van der Waals surface area contributed by atoms with E-state index in [0.717, 1.165) is 24.3 Å². The first-order valence-electron chi connectivity index (χ1n) is 11.7. The second kappa shape index (κ2) is 10.5. The summed E-state index contributed by atoms with van der Waals surface area (Å²) in [6.07, 6.45) is 0.765. The van der Waals surface area contributed by atoms with Gasteiger partial charge in [0.2, 0.25) is 15.9 Å². The Kier molecular flexibility index (Phi) is 7.39. The number of amides is 1. The Balaban J connectivity index is 1.30. The maximum absolute atomic E-state index is 13.0. The quantitative estimate of drug-likeness (QED) is 0.650. The summed E-state index contributed by atoms with van der Waals surface area (Å²) in [5.41, 5.74) is 3.89. The van der Waals surface area contributed by atoms with Crippen LogP contribution in [-0.4, -0.2) is 81.6 Å². The first kappa shape index (κ1) is 24.0. The number of carbonyl (C=O) groups excluding carboxylic acids is 1. The molecule has 2 aliphatic heterocycles. The molecule has 0 spiro atoms. The van der Waals surface area contributed by atoms with Crippen LogP contribution in [-0.2, 0) is 14.8 Å². The number of hydrogen-bond acceptors (Lipinski definition) is 6. The Morgan fingerprint density at radius 2 is 1.56 bits per heavy atom. The Bertz CT molecular complexity index is 1150. The lowest BCUT2D eigenvalue weighted by Gasteiger charge is -2.35. The minimum Gasteiger partial charge on any atom is -0.370 e. The maximum atomic E-state index is 13.0. The summed E-state index contributed by atoms with van der Waals surface area (Å²) >= 11 is 0. The molecule has 1 amide bonds. The summed E-state index contributed by atoms with van der Waals surface area (Å²) in [7, 11) is -3.66. The molecule has 2 aromatic rings. The van der Waals surface area contributed by atoms with Gasteiger partial charge < -0.3 is 14.7 Å². The number of nitrogens with zero attached hydrogens (tertiary/aromatic N) is 5. The van der Waals surface area contributed by atoms with Gasteiger partial charge >= 0.3 is 0 Å². The van der Waals surface area contributed by atoms with Crippen LogP contribution in [0.2, 0.25) is 0 Å². The van der Waals surface area contributed by atoms with Gasteiger partial charge in [-0.1, -0.05) is 12.1 Å². The first-order chi connectivity index (χ1) is 16.4. The fourth-order valence-electron chi connectivity index (χ4n) is 4.56. The molecule has 8 nitrogen and oxygen atoms in total. The molecule has 0 unspecified atom stereocenters. The third-order valence-electron chi connectivity index (χ3n) is 6.51. The predicted molar refractivity (Wildman–Crippen MR) is 133 cm³/mol. The van der Waals surface area contributed by atoms with Gasteiger partial charge in [0, 0.05) is 63.7 Å². The molecule has 0 saturated carbocycles. The van der Waals surface area contributed by atoms with Crippen molar-refractivity contribution in [3.05, 3.63) is 59.7 Å². The zero-order valence-corrected chi connectivity index (χ0v) is 20.4. The highest BCUT2D eigenvalue weighted by Crippen LogP contribution is 2.20. The number of aryl methyl sites for hydroxylation is 1. The van der Waals surface area contributed by atoms with Crippen molar-refractivity contribution in [1.82, 2.24) is 9.21 Å². The van der Waals surface area contributed by atoms with Gasteiger partial charge in [-0.3, -0.25) is 4.79 Å². The molecular weight excluding hydrogens is 450 g/mol. The lowest BCUT2D eigenvalue weighted by Crippen LogP contribution is -2.51. The number of rotatable bonds is 5. The van der Waals surface area contributed by atoms with E-state index in [1.807, 2.05) is 37.3 Å². The van der Waals surface area contributed by atoms with Crippen LogP contribution in [0.4, 0.5) is 11.4 Å². The summed E-state index contributed by atoms with van der Waals surface area (Å²) in [6, 6.07) is 17.7. The SMILES string of the molecule is Cc1cccc(N2CCN(S(=O)(=O)CC(=O)N3CCCN(c4ccc(C#N)cc4)CC3)CC2)c1. The highest BCUT2D eigenvalue weighted by atomic mass is 32.2. The molecule has 0 atom stereocenters. The molecule has 0 bridgehead atoms. The summed E-state index contributed by atoms with van der Waals surface area (Å²) in [5, 5.41) is 8.98. The van der Waals surface area contributed by atoms with Crippen molar-refractivity contribution >= 4 is 27.3 Å². The van der Waals surface area contributed by atoms with Crippen LogP contribution >= 0.6 is 0 Å². The predicted octanol–water partition coefficient (Wildman–Crippen LogP) is 2.06. The van der Waals surface area contributed by atoms with Crippen molar-refractivity contribution in [3.8, 4) is 6.07 Å². The fourth-order valence-corrected chi connectivity index (χ4v) is 5.96. The molecule has 2 saturated heterocycles. The zero-order valence-electron chi connectivity index (χ0n) is 19.6. The van der Waals surface area contributed by atoms with E-state index in [1.54, 1.807) is 17.0 Å². The second-order valence-corrected chi connectivity index (χ2v) is 10.8. The largest absolute Gasteiger partial charge is 0.370 e. The van der Waals surface area contributed by atoms with E-state index in [-0.39, 0.29) is 5.91 Å². The number of hydrogen-bond donors (Lipinski definition) is 0. The molecule has 180 valence electrons. The van der Waals surface area contributed by atoms with Crippen LogP contribution in [0.5, 0.6) is 0 Å². The van der Waals surface area contributed by atoms with Gasteiger partial charge in [0.1, 0.15) is 5.75 Å². The second-order valence-electron chi connectivity index (χ2n) is 8.86. The zero-order chi connectivity index (χ0) is 24.1. The molecule has 0 aliphatic carbocycles. The Morgan fingerprint density at radius 1 is 0.882 bits per heavy atom. The molecule has 9 heteroatoms.